The summed E-state index contributed by atoms with van der Waals surface area (Å²) in [6, 6.07) is 13.5. The van der Waals surface area contributed by atoms with E-state index >= 15 is 0 Å². The van der Waals surface area contributed by atoms with Gasteiger partial charge in [0.25, 0.3) is 5.91 Å². The smallest absolute Gasteiger partial charge is 0.255 e. The molecule has 1 saturated heterocycles. The third-order valence-electron chi connectivity index (χ3n) is 5.10. The second kappa shape index (κ2) is 8.63. The van der Waals surface area contributed by atoms with Crippen LogP contribution in [0.2, 0.25) is 5.02 Å². The molecule has 7 nitrogen and oxygen atoms in total. The first-order valence-corrected chi connectivity index (χ1v) is 9.81. The first-order valence-electron chi connectivity index (χ1n) is 9.43. The summed E-state index contributed by atoms with van der Waals surface area (Å²) in [6.07, 6.45) is 3.18. The summed E-state index contributed by atoms with van der Waals surface area (Å²) >= 11 is 6.33. The minimum absolute atomic E-state index is 0.0500. The lowest BCUT2D eigenvalue weighted by molar-refractivity contribution is 0.0628. The first-order chi connectivity index (χ1) is 14.1. The van der Waals surface area contributed by atoms with Crippen LogP contribution in [-0.4, -0.2) is 63.8 Å². The first kappa shape index (κ1) is 19.4. The zero-order valence-electron chi connectivity index (χ0n) is 16.2. The van der Waals surface area contributed by atoms with E-state index < -0.39 is 0 Å². The zero-order chi connectivity index (χ0) is 20.2. The van der Waals surface area contributed by atoms with Gasteiger partial charge >= 0.3 is 0 Å². The summed E-state index contributed by atoms with van der Waals surface area (Å²) in [5.74, 6) is 0.810. The van der Waals surface area contributed by atoms with Crippen molar-refractivity contribution in [3.63, 3.8) is 0 Å². The SMILES string of the molecule is COc1cccc(CN2CCN(C(=O)c3cc(-n4cnnc4)ccc3Cl)CC2)c1. The normalized spacial score (nSPS) is 14.8. The molecule has 1 aliphatic heterocycles. The molecule has 1 fully saturated rings. The Morgan fingerprint density at radius 1 is 1.07 bits per heavy atom. The van der Waals surface area contributed by atoms with Crippen LogP contribution in [0.25, 0.3) is 5.69 Å². The topological polar surface area (TPSA) is 63.5 Å². The number of aromatic nitrogens is 3. The molecular weight excluding hydrogens is 390 g/mol. The lowest BCUT2D eigenvalue weighted by Crippen LogP contribution is -2.48. The number of amides is 1. The molecule has 0 bridgehead atoms. The maximum atomic E-state index is 13.1. The molecule has 0 aliphatic carbocycles. The van der Waals surface area contributed by atoms with Crippen molar-refractivity contribution >= 4 is 17.5 Å². The van der Waals surface area contributed by atoms with E-state index in [-0.39, 0.29) is 5.91 Å². The number of hydrogen-bond donors (Lipinski definition) is 0. The average molecular weight is 412 g/mol. The fourth-order valence-electron chi connectivity index (χ4n) is 3.48. The molecule has 0 saturated carbocycles. The van der Waals surface area contributed by atoms with E-state index in [1.54, 1.807) is 36.5 Å². The minimum atomic E-state index is -0.0500. The summed E-state index contributed by atoms with van der Waals surface area (Å²) in [6.45, 7) is 3.78. The number of piperazine rings is 1. The van der Waals surface area contributed by atoms with Crippen molar-refractivity contribution in [2.24, 2.45) is 0 Å². The number of methoxy groups -OCH3 is 1. The molecule has 2 heterocycles. The molecule has 0 atom stereocenters. The molecule has 0 N–H and O–H groups in total. The number of hydrogen-bond acceptors (Lipinski definition) is 5. The number of carbonyl (C=O) groups excluding carboxylic acids is 1. The van der Waals surface area contributed by atoms with Gasteiger partial charge in [0.15, 0.2) is 0 Å². The number of rotatable bonds is 5. The fraction of sp³-hybridized carbons (Fsp3) is 0.286. The molecule has 4 rings (SSSR count). The van der Waals surface area contributed by atoms with Gasteiger partial charge in [-0.15, -0.1) is 10.2 Å². The predicted molar refractivity (Wildman–Crippen MR) is 111 cm³/mol. The van der Waals surface area contributed by atoms with Gasteiger partial charge in [0.1, 0.15) is 18.4 Å². The molecule has 0 unspecified atom stereocenters. The van der Waals surface area contributed by atoms with Crippen molar-refractivity contribution < 1.29 is 9.53 Å². The molecule has 0 spiro atoms. The van der Waals surface area contributed by atoms with Crippen LogP contribution in [-0.2, 0) is 6.54 Å². The highest BCUT2D eigenvalue weighted by Crippen LogP contribution is 2.22. The number of nitrogens with zero attached hydrogens (tertiary/aromatic N) is 5. The Labute approximate surface area is 174 Å². The Morgan fingerprint density at radius 3 is 2.55 bits per heavy atom. The highest BCUT2D eigenvalue weighted by Gasteiger charge is 2.24. The molecule has 3 aromatic rings. The number of carbonyl (C=O) groups is 1. The van der Waals surface area contributed by atoms with Crippen LogP contribution < -0.4 is 4.74 Å². The fourth-order valence-corrected chi connectivity index (χ4v) is 3.68. The minimum Gasteiger partial charge on any atom is -0.497 e. The van der Waals surface area contributed by atoms with Gasteiger partial charge in [-0.1, -0.05) is 23.7 Å². The Hall–Kier alpha value is -2.90. The van der Waals surface area contributed by atoms with Gasteiger partial charge < -0.3 is 9.64 Å². The van der Waals surface area contributed by atoms with Crippen LogP contribution in [0.5, 0.6) is 5.75 Å². The van der Waals surface area contributed by atoms with Crippen LogP contribution in [0.1, 0.15) is 15.9 Å². The Kier molecular flexibility index (Phi) is 5.78. The van der Waals surface area contributed by atoms with Crippen molar-refractivity contribution in [1.29, 1.82) is 0 Å². The number of ether oxygens (including phenoxy) is 1. The third-order valence-corrected chi connectivity index (χ3v) is 5.43. The van der Waals surface area contributed by atoms with Crippen molar-refractivity contribution in [3.05, 3.63) is 71.3 Å². The largest absolute Gasteiger partial charge is 0.497 e. The second-order valence-corrected chi connectivity index (χ2v) is 7.36. The maximum absolute atomic E-state index is 13.1. The lowest BCUT2D eigenvalue weighted by atomic mass is 10.1. The van der Waals surface area contributed by atoms with E-state index in [9.17, 15) is 4.79 Å². The van der Waals surface area contributed by atoms with Gasteiger partial charge in [0.2, 0.25) is 0 Å². The molecule has 8 heteroatoms. The quantitative estimate of drug-likeness (QED) is 0.646. The number of halogens is 1. The lowest BCUT2D eigenvalue weighted by Gasteiger charge is -2.35. The molecule has 0 radical (unpaired) electrons. The van der Waals surface area contributed by atoms with Gasteiger partial charge in [0, 0.05) is 38.4 Å². The maximum Gasteiger partial charge on any atom is 0.255 e. The number of benzene rings is 2. The molecule has 150 valence electrons. The van der Waals surface area contributed by atoms with Gasteiger partial charge in [-0.05, 0) is 35.9 Å². The summed E-state index contributed by atoms with van der Waals surface area (Å²) in [7, 11) is 1.67. The highest BCUT2D eigenvalue weighted by molar-refractivity contribution is 6.33. The average Bonchev–Trinajstić information content (AvgIpc) is 3.29. The zero-order valence-corrected chi connectivity index (χ0v) is 16.9. The van der Waals surface area contributed by atoms with E-state index in [1.165, 1.54) is 5.56 Å². The van der Waals surface area contributed by atoms with E-state index in [1.807, 2.05) is 29.2 Å². The summed E-state index contributed by atoms with van der Waals surface area (Å²) < 4.78 is 7.04. The summed E-state index contributed by atoms with van der Waals surface area (Å²) in [4.78, 5) is 17.3. The van der Waals surface area contributed by atoms with E-state index in [0.717, 1.165) is 31.1 Å². The van der Waals surface area contributed by atoms with E-state index in [2.05, 4.69) is 21.2 Å². The van der Waals surface area contributed by atoms with Crippen LogP contribution in [0.4, 0.5) is 0 Å². The van der Waals surface area contributed by atoms with E-state index in [4.69, 9.17) is 16.3 Å². The van der Waals surface area contributed by atoms with Crippen molar-refractivity contribution in [2.45, 2.75) is 6.54 Å². The Bertz CT molecular complexity index is 984. The second-order valence-electron chi connectivity index (χ2n) is 6.95. The molecule has 2 aromatic carbocycles. The predicted octanol–water partition coefficient (Wildman–Crippen LogP) is 2.89. The molecule has 1 aromatic heterocycles. The van der Waals surface area contributed by atoms with Crippen molar-refractivity contribution in [1.82, 2.24) is 24.6 Å². The Morgan fingerprint density at radius 2 is 1.83 bits per heavy atom. The molecular formula is C21H22ClN5O2. The Balaban J connectivity index is 1.41. The summed E-state index contributed by atoms with van der Waals surface area (Å²) in [5, 5.41) is 8.07. The molecule has 1 amide bonds. The molecule has 1 aliphatic rings. The van der Waals surface area contributed by atoms with Crippen LogP contribution in [0, 0.1) is 0 Å². The third kappa shape index (κ3) is 4.41. The summed E-state index contributed by atoms with van der Waals surface area (Å²) in [5.41, 5.74) is 2.51. The van der Waals surface area contributed by atoms with E-state index in [0.29, 0.717) is 23.7 Å². The van der Waals surface area contributed by atoms with Crippen LogP contribution in [0.3, 0.4) is 0 Å². The van der Waals surface area contributed by atoms with Gasteiger partial charge in [0.05, 0.1) is 17.7 Å². The van der Waals surface area contributed by atoms with Gasteiger partial charge in [-0.25, -0.2) is 0 Å². The van der Waals surface area contributed by atoms with Crippen molar-refractivity contribution in [3.8, 4) is 11.4 Å². The molecule has 29 heavy (non-hydrogen) atoms. The monoisotopic (exact) mass is 411 g/mol. The standard InChI is InChI=1S/C21H22ClN5O2/c1-29-18-4-2-3-16(11-18)13-25-7-9-26(10-8-25)21(28)19-12-17(5-6-20(19)22)27-14-23-24-15-27/h2-6,11-12,14-15H,7-10,13H2,1H3. The van der Waals surface area contributed by atoms with Crippen molar-refractivity contribution in [2.75, 3.05) is 33.3 Å². The van der Waals surface area contributed by atoms with Crippen LogP contribution in [0.15, 0.2) is 55.1 Å². The van der Waals surface area contributed by atoms with Gasteiger partial charge in [-0.3, -0.25) is 14.3 Å². The highest BCUT2D eigenvalue weighted by atomic mass is 35.5. The van der Waals surface area contributed by atoms with Crippen LogP contribution >= 0.6 is 11.6 Å². The van der Waals surface area contributed by atoms with Gasteiger partial charge in [-0.2, -0.15) is 0 Å².